The summed E-state index contributed by atoms with van der Waals surface area (Å²) >= 11 is 10.2. The van der Waals surface area contributed by atoms with Gasteiger partial charge in [0.15, 0.2) is 4.34 Å². The van der Waals surface area contributed by atoms with Gasteiger partial charge in [0.25, 0.3) is 0 Å². The van der Waals surface area contributed by atoms with Crippen molar-refractivity contribution in [2.24, 2.45) is 5.92 Å². The molecule has 1 aromatic carbocycles. The van der Waals surface area contributed by atoms with Crippen molar-refractivity contribution >= 4 is 69.1 Å². The summed E-state index contributed by atoms with van der Waals surface area (Å²) in [6.45, 7) is 2.56. The van der Waals surface area contributed by atoms with Gasteiger partial charge >= 0.3 is 0 Å². The van der Waals surface area contributed by atoms with Crippen molar-refractivity contribution in [3.8, 4) is 0 Å². The summed E-state index contributed by atoms with van der Waals surface area (Å²) < 4.78 is 0.823. The molecular formula is C17H20ClN7O2S3. The third kappa shape index (κ3) is 5.01. The van der Waals surface area contributed by atoms with Crippen molar-refractivity contribution in [2.75, 3.05) is 28.4 Å². The zero-order valence-electron chi connectivity index (χ0n) is 15.9. The molecule has 13 heteroatoms. The fourth-order valence-corrected chi connectivity index (χ4v) is 5.76. The molecule has 0 bridgehead atoms. The Balaban J connectivity index is 1.33. The van der Waals surface area contributed by atoms with Crippen LogP contribution in [0.2, 0.25) is 5.02 Å². The molecule has 4 rings (SSSR count). The van der Waals surface area contributed by atoms with Gasteiger partial charge in [-0.05, 0) is 30.0 Å². The molecule has 2 aromatic rings. The molecule has 3 atom stereocenters. The number of carbonyl (C=O) groups excluding carboxylic acids is 2. The van der Waals surface area contributed by atoms with E-state index in [9.17, 15) is 9.59 Å². The fraction of sp³-hybridized carbons (Fsp3) is 0.412. The van der Waals surface area contributed by atoms with Crippen molar-refractivity contribution in [3.05, 3.63) is 29.3 Å². The van der Waals surface area contributed by atoms with Gasteiger partial charge in [0.2, 0.25) is 16.9 Å². The van der Waals surface area contributed by atoms with Gasteiger partial charge in [0.05, 0.1) is 17.4 Å². The average Bonchev–Trinajstić information content (AvgIpc) is 3.35. The van der Waals surface area contributed by atoms with Crippen molar-refractivity contribution in [1.29, 1.82) is 0 Å². The van der Waals surface area contributed by atoms with Gasteiger partial charge < -0.3 is 5.32 Å². The van der Waals surface area contributed by atoms with Crippen LogP contribution < -0.4 is 26.4 Å². The lowest BCUT2D eigenvalue weighted by Gasteiger charge is -2.37. The number of rotatable bonds is 7. The first-order valence-electron chi connectivity index (χ1n) is 9.26. The van der Waals surface area contributed by atoms with Gasteiger partial charge in [-0.3, -0.25) is 25.2 Å². The van der Waals surface area contributed by atoms with Gasteiger partial charge in [-0.1, -0.05) is 41.6 Å². The zero-order chi connectivity index (χ0) is 21.1. The summed E-state index contributed by atoms with van der Waals surface area (Å²) in [5.41, 5.74) is 3.78. The first-order chi connectivity index (χ1) is 14.5. The highest BCUT2D eigenvalue weighted by Gasteiger charge is 2.44. The molecule has 0 aliphatic carbocycles. The summed E-state index contributed by atoms with van der Waals surface area (Å²) in [6.07, 6.45) is -0.225. The Kier molecular flexibility index (Phi) is 7.01. The number of anilines is 2. The van der Waals surface area contributed by atoms with E-state index in [-0.39, 0.29) is 35.1 Å². The molecule has 0 radical (unpaired) electrons. The number of fused-ring (bicyclic) bond motifs is 1. The standard InChI is InChI=1S/C17H20ClN7O2S3/c1-2-28-17-24-23-16(30-17)20-12(26)8-29-15-21-13-11(14(27)22-15)7-19-25(13)10-5-3-9(18)4-6-10/h3-6,11,13,15,19,21H,2,7-8H2,1H3,(H,22,27)(H,20,23,26). The van der Waals surface area contributed by atoms with Gasteiger partial charge in [-0.2, -0.15) is 0 Å². The topological polar surface area (TPSA) is 111 Å². The Bertz CT molecular complexity index is 913. The van der Waals surface area contributed by atoms with Crippen LogP contribution in [0.3, 0.4) is 0 Å². The van der Waals surface area contributed by atoms with Crippen LogP contribution in [0.25, 0.3) is 0 Å². The predicted molar refractivity (Wildman–Crippen MR) is 122 cm³/mol. The highest BCUT2D eigenvalue weighted by Crippen LogP contribution is 2.28. The van der Waals surface area contributed by atoms with E-state index < -0.39 is 0 Å². The molecule has 30 heavy (non-hydrogen) atoms. The number of hydrogen-bond acceptors (Lipinski definition) is 10. The maximum Gasteiger partial charge on any atom is 0.236 e. The van der Waals surface area contributed by atoms with E-state index in [0.29, 0.717) is 16.7 Å². The molecule has 2 saturated heterocycles. The minimum atomic E-state index is -0.389. The number of halogens is 1. The van der Waals surface area contributed by atoms with Crippen LogP contribution in [0.1, 0.15) is 6.92 Å². The lowest BCUT2D eigenvalue weighted by atomic mass is 10.1. The largest absolute Gasteiger partial charge is 0.331 e. The van der Waals surface area contributed by atoms with Crippen molar-refractivity contribution in [1.82, 2.24) is 26.3 Å². The molecular weight excluding hydrogens is 466 g/mol. The average molecular weight is 486 g/mol. The highest BCUT2D eigenvalue weighted by molar-refractivity contribution is 8.01. The number of nitrogens with one attached hydrogen (secondary N) is 4. The highest BCUT2D eigenvalue weighted by atomic mass is 35.5. The van der Waals surface area contributed by atoms with Crippen LogP contribution >= 0.6 is 46.5 Å². The molecule has 3 heterocycles. The second-order valence-corrected chi connectivity index (χ2v) is 10.5. The number of aromatic nitrogens is 2. The first-order valence-corrected chi connectivity index (χ1v) is 12.5. The smallest absolute Gasteiger partial charge is 0.236 e. The molecule has 3 unspecified atom stereocenters. The maximum absolute atomic E-state index is 12.5. The van der Waals surface area contributed by atoms with Gasteiger partial charge in [0.1, 0.15) is 11.7 Å². The van der Waals surface area contributed by atoms with E-state index in [2.05, 4.69) is 31.6 Å². The molecule has 1 aromatic heterocycles. The summed E-state index contributed by atoms with van der Waals surface area (Å²) in [6, 6.07) is 7.41. The summed E-state index contributed by atoms with van der Waals surface area (Å²) in [7, 11) is 0. The predicted octanol–water partition coefficient (Wildman–Crippen LogP) is 1.95. The summed E-state index contributed by atoms with van der Waals surface area (Å²) in [5.74, 6) is 0.587. The molecule has 2 aliphatic heterocycles. The van der Waals surface area contributed by atoms with Crippen molar-refractivity contribution in [2.45, 2.75) is 22.9 Å². The molecule has 0 saturated carbocycles. The first kappa shape index (κ1) is 21.7. The number of nitrogens with zero attached hydrogens (tertiary/aromatic N) is 3. The second-order valence-electron chi connectivity index (χ2n) is 6.48. The Morgan fingerprint density at radius 3 is 2.93 bits per heavy atom. The lowest BCUT2D eigenvalue weighted by Crippen LogP contribution is -2.63. The lowest BCUT2D eigenvalue weighted by molar-refractivity contribution is -0.127. The van der Waals surface area contributed by atoms with E-state index >= 15 is 0 Å². The minimum absolute atomic E-state index is 0.0500. The number of amides is 2. The van der Waals surface area contributed by atoms with Crippen molar-refractivity contribution < 1.29 is 9.59 Å². The number of hydrogen-bond donors (Lipinski definition) is 4. The molecule has 4 N–H and O–H groups in total. The van der Waals surface area contributed by atoms with E-state index in [0.717, 1.165) is 15.8 Å². The molecule has 160 valence electrons. The van der Waals surface area contributed by atoms with Crippen LogP contribution in [0.15, 0.2) is 28.6 Å². The van der Waals surface area contributed by atoms with Crippen LogP contribution in [-0.2, 0) is 9.59 Å². The van der Waals surface area contributed by atoms with Gasteiger partial charge in [-0.25, -0.2) is 5.43 Å². The number of hydrazine groups is 1. The summed E-state index contributed by atoms with van der Waals surface area (Å²) in [5, 5.41) is 20.1. The molecule has 0 spiro atoms. The SMILES string of the molecule is CCSc1nnc(NC(=O)CSC2NC(=O)C3CNN(c4ccc(Cl)cc4)C3N2)s1. The van der Waals surface area contributed by atoms with Crippen molar-refractivity contribution in [3.63, 3.8) is 0 Å². The molecule has 2 amide bonds. The Labute approximate surface area is 191 Å². The minimum Gasteiger partial charge on any atom is -0.331 e. The van der Waals surface area contributed by atoms with E-state index in [1.807, 2.05) is 36.2 Å². The second kappa shape index (κ2) is 9.71. The molecule has 9 nitrogen and oxygen atoms in total. The Morgan fingerprint density at radius 1 is 1.37 bits per heavy atom. The summed E-state index contributed by atoms with van der Waals surface area (Å²) in [4.78, 5) is 24.8. The van der Waals surface area contributed by atoms with Gasteiger partial charge in [0, 0.05) is 11.6 Å². The van der Waals surface area contributed by atoms with Gasteiger partial charge in [-0.15, -0.1) is 22.0 Å². The zero-order valence-corrected chi connectivity index (χ0v) is 19.1. The maximum atomic E-state index is 12.5. The number of thioether (sulfide) groups is 2. The van der Waals surface area contributed by atoms with Crippen LogP contribution in [0.4, 0.5) is 10.8 Å². The Hall–Kier alpha value is -1.57. The third-order valence-corrected chi connectivity index (χ3v) is 7.60. The molecule has 2 fully saturated rings. The number of benzene rings is 1. The van der Waals surface area contributed by atoms with Crippen LogP contribution in [0, 0.1) is 5.92 Å². The third-order valence-electron chi connectivity index (χ3n) is 4.48. The fourth-order valence-electron chi connectivity index (χ4n) is 3.15. The monoisotopic (exact) mass is 485 g/mol. The van der Waals surface area contributed by atoms with E-state index in [1.165, 1.54) is 23.1 Å². The molecule has 2 aliphatic rings. The quantitative estimate of drug-likeness (QED) is 0.345. The number of carbonyl (C=O) groups is 2. The van der Waals surface area contributed by atoms with E-state index in [4.69, 9.17) is 11.6 Å². The van der Waals surface area contributed by atoms with E-state index in [1.54, 1.807) is 11.8 Å². The normalized spacial score (nSPS) is 23.2. The van der Waals surface area contributed by atoms with Crippen LogP contribution in [0.5, 0.6) is 0 Å². The van der Waals surface area contributed by atoms with Crippen LogP contribution in [-0.4, -0.2) is 51.7 Å². The Morgan fingerprint density at radius 2 is 2.17 bits per heavy atom.